The van der Waals surface area contributed by atoms with Gasteiger partial charge in [-0.1, -0.05) is 0 Å². The van der Waals surface area contributed by atoms with Crippen LogP contribution in [0.4, 0.5) is 5.69 Å². The quantitative estimate of drug-likeness (QED) is 0.360. The van der Waals surface area contributed by atoms with Crippen molar-refractivity contribution >= 4 is 11.6 Å². The number of nitrogen functional groups attached to an aromatic ring is 2. The molecule has 7 heteroatoms. The van der Waals surface area contributed by atoms with Crippen molar-refractivity contribution < 1.29 is 9.53 Å². The molecule has 1 rings (SSSR count). The molecule has 0 aliphatic rings. The summed E-state index contributed by atoms with van der Waals surface area (Å²) in [6.07, 6.45) is 0. The Morgan fingerprint density at radius 2 is 2.44 bits per heavy atom. The van der Waals surface area contributed by atoms with E-state index in [-0.39, 0.29) is 22.8 Å². The summed E-state index contributed by atoms with van der Waals surface area (Å²) in [5.41, 5.74) is 7.75. The molecular weight excluding hydrogens is 210 g/mol. The fourth-order valence-corrected chi connectivity index (χ4v) is 1.08. The highest BCUT2D eigenvalue weighted by molar-refractivity contribution is 5.93. The Morgan fingerprint density at radius 3 is 2.94 bits per heavy atom. The first-order valence-electron chi connectivity index (χ1n) is 4.48. The summed E-state index contributed by atoms with van der Waals surface area (Å²) < 4.78 is 5.11. The SMILES string of the molecule is CCOc1nc(C(=O)NN)cc(N)c1C#N. The summed E-state index contributed by atoms with van der Waals surface area (Å²) in [5, 5.41) is 8.84. The molecule has 5 N–H and O–H groups in total. The van der Waals surface area contributed by atoms with Gasteiger partial charge in [0, 0.05) is 0 Å². The summed E-state index contributed by atoms with van der Waals surface area (Å²) >= 11 is 0. The molecule has 0 saturated heterocycles. The van der Waals surface area contributed by atoms with E-state index >= 15 is 0 Å². The van der Waals surface area contributed by atoms with Gasteiger partial charge in [-0.2, -0.15) is 5.26 Å². The first-order valence-corrected chi connectivity index (χ1v) is 4.48. The van der Waals surface area contributed by atoms with Crippen LogP contribution >= 0.6 is 0 Å². The fourth-order valence-electron chi connectivity index (χ4n) is 1.08. The topological polar surface area (TPSA) is 127 Å². The molecule has 1 heterocycles. The normalized spacial score (nSPS) is 9.31. The average molecular weight is 221 g/mol. The van der Waals surface area contributed by atoms with Gasteiger partial charge in [-0.05, 0) is 13.0 Å². The third-order valence-corrected chi connectivity index (χ3v) is 1.77. The lowest BCUT2D eigenvalue weighted by Crippen LogP contribution is -2.31. The van der Waals surface area contributed by atoms with Gasteiger partial charge in [0.2, 0.25) is 5.88 Å². The zero-order valence-electron chi connectivity index (χ0n) is 8.65. The number of hydrogen-bond acceptors (Lipinski definition) is 6. The molecule has 1 aromatic heterocycles. The molecule has 0 unspecified atom stereocenters. The summed E-state index contributed by atoms with van der Waals surface area (Å²) in [6.45, 7) is 2.05. The second-order valence-electron chi connectivity index (χ2n) is 2.80. The lowest BCUT2D eigenvalue weighted by molar-refractivity contribution is 0.0947. The van der Waals surface area contributed by atoms with Crippen LogP contribution in [0.15, 0.2) is 6.07 Å². The molecule has 1 amide bonds. The number of anilines is 1. The van der Waals surface area contributed by atoms with Crippen molar-refractivity contribution in [2.75, 3.05) is 12.3 Å². The van der Waals surface area contributed by atoms with Crippen LogP contribution in [0.1, 0.15) is 23.0 Å². The lowest BCUT2D eigenvalue weighted by atomic mass is 10.2. The van der Waals surface area contributed by atoms with Gasteiger partial charge in [-0.15, -0.1) is 0 Å². The second kappa shape index (κ2) is 4.95. The number of aromatic nitrogens is 1. The number of nitrogens with two attached hydrogens (primary N) is 2. The molecule has 0 aliphatic heterocycles. The van der Waals surface area contributed by atoms with Gasteiger partial charge in [0.05, 0.1) is 12.3 Å². The highest BCUT2D eigenvalue weighted by Gasteiger charge is 2.15. The van der Waals surface area contributed by atoms with Gasteiger partial charge in [-0.3, -0.25) is 10.2 Å². The van der Waals surface area contributed by atoms with Crippen LogP contribution in [0.3, 0.4) is 0 Å². The maximum absolute atomic E-state index is 11.2. The number of carbonyl (C=O) groups is 1. The van der Waals surface area contributed by atoms with E-state index in [0.29, 0.717) is 6.61 Å². The van der Waals surface area contributed by atoms with Crippen LogP contribution in [0.5, 0.6) is 5.88 Å². The highest BCUT2D eigenvalue weighted by atomic mass is 16.5. The predicted octanol–water partition coefficient (Wildman–Crippen LogP) is -0.462. The van der Waals surface area contributed by atoms with Gasteiger partial charge in [0.15, 0.2) is 0 Å². The number of ether oxygens (including phenoxy) is 1. The van der Waals surface area contributed by atoms with Crippen molar-refractivity contribution in [1.29, 1.82) is 5.26 Å². The van der Waals surface area contributed by atoms with Crippen molar-refractivity contribution in [1.82, 2.24) is 10.4 Å². The maximum atomic E-state index is 11.2. The second-order valence-corrected chi connectivity index (χ2v) is 2.80. The molecule has 0 aliphatic carbocycles. The van der Waals surface area contributed by atoms with E-state index in [2.05, 4.69) is 4.98 Å². The number of hydrazine groups is 1. The van der Waals surface area contributed by atoms with Crippen molar-refractivity contribution in [3.63, 3.8) is 0 Å². The Hall–Kier alpha value is -2.33. The molecular formula is C9H11N5O2. The Kier molecular flexibility index (Phi) is 3.63. The van der Waals surface area contributed by atoms with Crippen LogP contribution in [0, 0.1) is 11.3 Å². The first kappa shape index (κ1) is 11.7. The molecule has 0 atom stereocenters. The van der Waals surface area contributed by atoms with Crippen LogP contribution < -0.4 is 21.7 Å². The van der Waals surface area contributed by atoms with E-state index in [4.69, 9.17) is 21.6 Å². The van der Waals surface area contributed by atoms with Gasteiger partial charge >= 0.3 is 0 Å². The van der Waals surface area contributed by atoms with E-state index < -0.39 is 5.91 Å². The zero-order valence-corrected chi connectivity index (χ0v) is 8.65. The number of nitriles is 1. The van der Waals surface area contributed by atoms with E-state index in [1.54, 1.807) is 6.92 Å². The third kappa shape index (κ3) is 2.18. The van der Waals surface area contributed by atoms with Gasteiger partial charge < -0.3 is 10.5 Å². The lowest BCUT2D eigenvalue weighted by Gasteiger charge is -2.08. The minimum atomic E-state index is -0.600. The summed E-state index contributed by atoms with van der Waals surface area (Å²) in [6, 6.07) is 3.12. The largest absolute Gasteiger partial charge is 0.477 e. The molecule has 84 valence electrons. The Labute approximate surface area is 92.0 Å². The van der Waals surface area contributed by atoms with E-state index in [1.807, 2.05) is 11.5 Å². The number of carbonyl (C=O) groups excluding carboxylic acids is 1. The number of rotatable bonds is 3. The van der Waals surface area contributed by atoms with Crippen molar-refractivity contribution in [3.05, 3.63) is 17.3 Å². The zero-order chi connectivity index (χ0) is 12.1. The molecule has 0 saturated carbocycles. The number of amides is 1. The molecule has 0 aromatic carbocycles. The third-order valence-electron chi connectivity index (χ3n) is 1.77. The number of nitrogens with zero attached hydrogens (tertiary/aromatic N) is 2. The Morgan fingerprint density at radius 1 is 1.75 bits per heavy atom. The van der Waals surface area contributed by atoms with Crippen molar-refractivity contribution in [2.45, 2.75) is 6.92 Å². The van der Waals surface area contributed by atoms with E-state index in [9.17, 15) is 4.79 Å². The molecule has 16 heavy (non-hydrogen) atoms. The Balaban J connectivity index is 3.29. The Bertz CT molecular complexity index is 452. The summed E-state index contributed by atoms with van der Waals surface area (Å²) in [5.74, 6) is 4.39. The van der Waals surface area contributed by atoms with E-state index in [1.165, 1.54) is 6.07 Å². The van der Waals surface area contributed by atoms with Crippen LogP contribution in [0.2, 0.25) is 0 Å². The van der Waals surface area contributed by atoms with Crippen molar-refractivity contribution in [2.24, 2.45) is 5.84 Å². The minimum Gasteiger partial charge on any atom is -0.477 e. The monoisotopic (exact) mass is 221 g/mol. The standard InChI is InChI=1S/C9H11N5O2/c1-2-16-9-5(4-10)6(11)3-7(13-9)8(15)14-12/h3H,2,12H2,1H3,(H2,11,13)(H,14,15). The van der Waals surface area contributed by atoms with Crippen LogP contribution in [-0.4, -0.2) is 17.5 Å². The van der Waals surface area contributed by atoms with Gasteiger partial charge in [0.25, 0.3) is 5.91 Å². The highest BCUT2D eigenvalue weighted by Crippen LogP contribution is 2.22. The van der Waals surface area contributed by atoms with Gasteiger partial charge in [-0.25, -0.2) is 10.8 Å². The minimum absolute atomic E-state index is 0.00227. The molecule has 0 fully saturated rings. The smallest absolute Gasteiger partial charge is 0.283 e. The number of nitrogens with one attached hydrogen (secondary N) is 1. The fraction of sp³-hybridized carbons (Fsp3) is 0.222. The van der Waals surface area contributed by atoms with E-state index in [0.717, 1.165) is 0 Å². The van der Waals surface area contributed by atoms with Crippen LogP contribution in [0.25, 0.3) is 0 Å². The van der Waals surface area contributed by atoms with Crippen LogP contribution in [-0.2, 0) is 0 Å². The number of pyridine rings is 1. The summed E-state index contributed by atoms with van der Waals surface area (Å²) in [7, 11) is 0. The molecule has 1 aromatic rings. The number of hydrogen-bond donors (Lipinski definition) is 3. The molecule has 0 spiro atoms. The molecule has 7 nitrogen and oxygen atoms in total. The predicted molar refractivity (Wildman–Crippen MR) is 56.2 cm³/mol. The average Bonchev–Trinajstić information content (AvgIpc) is 2.28. The molecule has 0 radical (unpaired) electrons. The first-order chi connectivity index (χ1) is 7.63. The van der Waals surface area contributed by atoms with Gasteiger partial charge in [0.1, 0.15) is 17.3 Å². The van der Waals surface area contributed by atoms with Crippen molar-refractivity contribution in [3.8, 4) is 11.9 Å². The maximum Gasteiger partial charge on any atom is 0.283 e. The summed E-state index contributed by atoms with van der Waals surface area (Å²) in [4.78, 5) is 15.1. The molecule has 0 bridgehead atoms.